The average Bonchev–Trinajstić information content (AvgIpc) is 3.20. The Bertz CT molecular complexity index is 1090. The summed E-state index contributed by atoms with van der Waals surface area (Å²) < 4.78 is 1.66. The maximum absolute atomic E-state index is 12.1. The maximum atomic E-state index is 12.1. The van der Waals surface area contributed by atoms with Crippen molar-refractivity contribution in [1.82, 2.24) is 19.6 Å². The van der Waals surface area contributed by atoms with E-state index in [-0.39, 0.29) is 0 Å². The summed E-state index contributed by atoms with van der Waals surface area (Å²) in [5.74, 6) is -0.543. The molecule has 1 aromatic carbocycles. The number of hydrogen-bond acceptors (Lipinski definition) is 3. The van der Waals surface area contributed by atoms with Crippen molar-refractivity contribution < 1.29 is 4.79 Å². The molecule has 0 aliphatic carbocycles. The molecule has 1 amide bonds. The zero-order chi connectivity index (χ0) is 17.6. The molecule has 6 heteroatoms. The van der Waals surface area contributed by atoms with Gasteiger partial charge in [0.1, 0.15) is 11.3 Å². The largest absolute Gasteiger partial charge is 0.365 e. The summed E-state index contributed by atoms with van der Waals surface area (Å²) in [6, 6.07) is 15.7. The molecule has 4 rings (SSSR count). The highest BCUT2D eigenvalue weighted by atomic mass is 16.1. The molecule has 0 radical (unpaired) electrons. The van der Waals surface area contributed by atoms with Crippen molar-refractivity contribution in [1.29, 1.82) is 0 Å². The van der Waals surface area contributed by atoms with Gasteiger partial charge in [-0.3, -0.25) is 4.79 Å². The third kappa shape index (κ3) is 2.48. The Hall–Kier alpha value is -3.41. The van der Waals surface area contributed by atoms with E-state index < -0.39 is 5.91 Å². The van der Waals surface area contributed by atoms with Gasteiger partial charge in [0.2, 0.25) is 0 Å². The minimum absolute atomic E-state index is 0.327. The van der Waals surface area contributed by atoms with E-state index in [2.05, 4.69) is 15.1 Å². The van der Waals surface area contributed by atoms with Crippen LogP contribution in [0.4, 0.5) is 0 Å². The highest BCUT2D eigenvalue weighted by molar-refractivity contribution is 6.04. The molecular formula is C19H17N5O. The Morgan fingerprint density at radius 1 is 1.08 bits per heavy atom. The molecule has 0 atom stereocenters. The number of nitrogens with one attached hydrogen (secondary N) is 1. The third-order valence-corrected chi connectivity index (χ3v) is 4.17. The van der Waals surface area contributed by atoms with Gasteiger partial charge in [0.15, 0.2) is 5.65 Å². The smallest absolute Gasteiger partial charge is 0.254 e. The molecule has 3 heterocycles. The van der Waals surface area contributed by atoms with Crippen LogP contribution < -0.4 is 5.73 Å². The summed E-state index contributed by atoms with van der Waals surface area (Å²) >= 11 is 0. The SMILES string of the molecule is Cc1cc(C)n2nc(-c3ccc(-c4ccccc4)[nH]3)c(C(N)=O)c2n1. The second kappa shape index (κ2) is 5.59. The van der Waals surface area contributed by atoms with E-state index in [4.69, 9.17) is 5.73 Å². The van der Waals surface area contributed by atoms with E-state index in [9.17, 15) is 4.79 Å². The van der Waals surface area contributed by atoms with Crippen LogP contribution in [0.2, 0.25) is 0 Å². The van der Waals surface area contributed by atoms with Crippen LogP contribution in [0.25, 0.3) is 28.3 Å². The zero-order valence-electron chi connectivity index (χ0n) is 13.9. The molecule has 0 fully saturated rings. The van der Waals surface area contributed by atoms with Crippen LogP contribution in [-0.4, -0.2) is 25.5 Å². The summed E-state index contributed by atoms with van der Waals surface area (Å²) in [6.45, 7) is 3.81. The van der Waals surface area contributed by atoms with Crippen LogP contribution >= 0.6 is 0 Å². The lowest BCUT2D eigenvalue weighted by Crippen LogP contribution is -2.12. The van der Waals surface area contributed by atoms with E-state index in [0.717, 1.165) is 28.3 Å². The number of benzene rings is 1. The molecule has 0 unspecified atom stereocenters. The number of aromatic amines is 1. The van der Waals surface area contributed by atoms with Gasteiger partial charge in [0.05, 0.1) is 5.69 Å². The molecule has 0 aliphatic heterocycles. The molecule has 0 aliphatic rings. The van der Waals surface area contributed by atoms with Gasteiger partial charge in [0.25, 0.3) is 5.91 Å². The molecule has 6 nitrogen and oxygen atoms in total. The van der Waals surface area contributed by atoms with Gasteiger partial charge in [-0.25, -0.2) is 9.50 Å². The van der Waals surface area contributed by atoms with Crippen molar-refractivity contribution in [3.8, 4) is 22.6 Å². The number of carbonyl (C=O) groups excluding carboxylic acids is 1. The van der Waals surface area contributed by atoms with Crippen molar-refractivity contribution in [2.24, 2.45) is 5.73 Å². The normalized spacial score (nSPS) is 11.1. The number of amides is 1. The number of hydrogen-bond donors (Lipinski definition) is 2. The number of nitrogens with two attached hydrogens (primary N) is 1. The highest BCUT2D eigenvalue weighted by Gasteiger charge is 2.22. The lowest BCUT2D eigenvalue weighted by molar-refractivity contribution is 0.100. The molecule has 0 bridgehead atoms. The second-order valence-corrected chi connectivity index (χ2v) is 6.01. The highest BCUT2D eigenvalue weighted by Crippen LogP contribution is 2.28. The van der Waals surface area contributed by atoms with Crippen LogP contribution in [0.3, 0.4) is 0 Å². The van der Waals surface area contributed by atoms with Gasteiger partial charge in [-0.15, -0.1) is 0 Å². The molecular weight excluding hydrogens is 314 g/mol. The quantitative estimate of drug-likeness (QED) is 0.604. The molecule has 0 spiro atoms. The van der Waals surface area contributed by atoms with Crippen molar-refractivity contribution in [2.75, 3.05) is 0 Å². The van der Waals surface area contributed by atoms with Gasteiger partial charge < -0.3 is 10.7 Å². The fourth-order valence-electron chi connectivity index (χ4n) is 3.06. The van der Waals surface area contributed by atoms with Gasteiger partial charge >= 0.3 is 0 Å². The standard InChI is InChI=1S/C19H17N5O/c1-11-10-12(2)24-19(21-11)16(18(20)25)17(23-24)15-9-8-14(22-15)13-6-4-3-5-7-13/h3-10,22H,1-2H3,(H2,20,25). The van der Waals surface area contributed by atoms with E-state index in [1.807, 2.05) is 62.4 Å². The average molecular weight is 331 g/mol. The number of carbonyl (C=O) groups is 1. The van der Waals surface area contributed by atoms with Crippen molar-refractivity contribution in [3.63, 3.8) is 0 Å². The molecule has 4 aromatic rings. The van der Waals surface area contributed by atoms with Crippen molar-refractivity contribution >= 4 is 11.6 Å². The van der Waals surface area contributed by atoms with Crippen molar-refractivity contribution in [2.45, 2.75) is 13.8 Å². The summed E-state index contributed by atoms with van der Waals surface area (Å²) in [7, 11) is 0. The number of primary amides is 1. The third-order valence-electron chi connectivity index (χ3n) is 4.17. The summed E-state index contributed by atoms with van der Waals surface area (Å²) in [6.07, 6.45) is 0. The lowest BCUT2D eigenvalue weighted by Gasteiger charge is -2.00. The minimum atomic E-state index is -0.543. The first-order valence-corrected chi connectivity index (χ1v) is 7.96. The molecule has 25 heavy (non-hydrogen) atoms. The van der Waals surface area contributed by atoms with Crippen LogP contribution in [0.5, 0.6) is 0 Å². The second-order valence-electron chi connectivity index (χ2n) is 6.01. The van der Waals surface area contributed by atoms with Gasteiger partial charge in [-0.1, -0.05) is 30.3 Å². The molecule has 0 saturated carbocycles. The number of H-pyrrole nitrogens is 1. The first-order valence-electron chi connectivity index (χ1n) is 7.96. The Labute approximate surface area is 144 Å². The lowest BCUT2D eigenvalue weighted by atomic mass is 10.2. The molecule has 3 aromatic heterocycles. The molecule has 0 saturated heterocycles. The fraction of sp³-hybridized carbons (Fsp3) is 0.105. The van der Waals surface area contributed by atoms with Crippen LogP contribution in [-0.2, 0) is 0 Å². The van der Waals surface area contributed by atoms with Crippen LogP contribution in [0.15, 0.2) is 48.5 Å². The number of aromatic nitrogens is 4. The number of rotatable bonds is 3. The zero-order valence-corrected chi connectivity index (χ0v) is 13.9. The summed E-state index contributed by atoms with van der Waals surface area (Å²) in [5.41, 5.74) is 11.4. The Balaban J connectivity index is 1.93. The van der Waals surface area contributed by atoms with Crippen LogP contribution in [0, 0.1) is 13.8 Å². The fourth-order valence-corrected chi connectivity index (χ4v) is 3.06. The summed E-state index contributed by atoms with van der Waals surface area (Å²) in [5, 5.41) is 4.57. The Morgan fingerprint density at radius 2 is 1.80 bits per heavy atom. The minimum Gasteiger partial charge on any atom is -0.365 e. The predicted octanol–water partition coefficient (Wildman–Crippen LogP) is 3.11. The van der Waals surface area contributed by atoms with Crippen molar-refractivity contribution in [3.05, 3.63) is 65.5 Å². The van der Waals surface area contributed by atoms with E-state index in [1.165, 1.54) is 0 Å². The van der Waals surface area contributed by atoms with E-state index >= 15 is 0 Å². The van der Waals surface area contributed by atoms with Gasteiger partial charge in [-0.05, 0) is 37.6 Å². The van der Waals surface area contributed by atoms with E-state index in [1.54, 1.807) is 4.52 Å². The van der Waals surface area contributed by atoms with Crippen LogP contribution in [0.1, 0.15) is 21.7 Å². The van der Waals surface area contributed by atoms with Gasteiger partial charge in [-0.2, -0.15) is 5.10 Å². The monoisotopic (exact) mass is 331 g/mol. The number of nitrogens with zero attached hydrogens (tertiary/aromatic N) is 3. The predicted molar refractivity (Wildman–Crippen MR) is 96.2 cm³/mol. The molecule has 3 N–H and O–H groups in total. The molecule has 124 valence electrons. The van der Waals surface area contributed by atoms with E-state index in [0.29, 0.717) is 16.9 Å². The number of aryl methyl sites for hydroxylation is 2. The Kier molecular flexibility index (Phi) is 3.39. The summed E-state index contributed by atoms with van der Waals surface area (Å²) in [4.78, 5) is 19.9. The first-order chi connectivity index (χ1) is 12.0. The van der Waals surface area contributed by atoms with Gasteiger partial charge in [0, 0.05) is 17.1 Å². The topological polar surface area (TPSA) is 89.1 Å². The first kappa shape index (κ1) is 15.1. The maximum Gasteiger partial charge on any atom is 0.254 e. The Morgan fingerprint density at radius 3 is 2.52 bits per heavy atom. The number of fused-ring (bicyclic) bond motifs is 1.